The third kappa shape index (κ3) is 14.1. The molecular weight excluding hydrogens is 478 g/mol. The molecule has 0 fully saturated rings. The molecular formula is C35H50N3O+. The highest BCUT2D eigenvalue weighted by Gasteiger charge is 2.00. The number of nitrogens with zero attached hydrogens (tertiary/aromatic N) is 3. The van der Waals surface area contributed by atoms with E-state index in [1.807, 2.05) is 24.3 Å². The predicted octanol–water partition coefficient (Wildman–Crippen LogP) is 10.5. The molecule has 0 N–H and O–H groups in total. The van der Waals surface area contributed by atoms with Gasteiger partial charge in [-0.05, 0) is 67.6 Å². The number of ether oxygens (including phenoxy) is 1. The first kappa shape index (κ1) is 30.5. The van der Waals surface area contributed by atoms with Crippen molar-refractivity contribution in [3.8, 4) is 5.75 Å². The first-order valence-corrected chi connectivity index (χ1v) is 15.5. The van der Waals surface area contributed by atoms with Crippen molar-refractivity contribution in [1.29, 1.82) is 0 Å². The van der Waals surface area contributed by atoms with Gasteiger partial charge in [0.05, 0.1) is 18.0 Å². The summed E-state index contributed by atoms with van der Waals surface area (Å²) in [7, 11) is 0. The normalized spacial score (nSPS) is 11.3. The number of unbranched alkanes of at least 4 members (excludes halogenated alkanes) is 12. The van der Waals surface area contributed by atoms with Crippen LogP contribution in [0.25, 0.3) is 0 Å². The van der Waals surface area contributed by atoms with E-state index in [2.05, 4.69) is 76.6 Å². The van der Waals surface area contributed by atoms with E-state index in [1.54, 1.807) is 0 Å². The number of hydrogen-bond donors (Lipinski definition) is 0. The van der Waals surface area contributed by atoms with Crippen LogP contribution < -0.4 is 9.30 Å². The van der Waals surface area contributed by atoms with Gasteiger partial charge in [0, 0.05) is 18.6 Å². The Morgan fingerprint density at radius 3 is 1.74 bits per heavy atom. The maximum absolute atomic E-state index is 5.91. The fraction of sp³-hybridized carbons (Fsp3) is 0.514. The van der Waals surface area contributed by atoms with Gasteiger partial charge in [-0.3, -0.25) is 0 Å². The van der Waals surface area contributed by atoms with Gasteiger partial charge in [0.1, 0.15) is 12.3 Å². The molecule has 0 aliphatic carbocycles. The molecule has 39 heavy (non-hydrogen) atoms. The Bertz CT molecular complexity index is 1020. The van der Waals surface area contributed by atoms with Crippen molar-refractivity contribution in [2.24, 2.45) is 10.2 Å². The van der Waals surface area contributed by atoms with Crippen LogP contribution in [0.15, 0.2) is 89.4 Å². The lowest BCUT2D eigenvalue weighted by atomic mass is 10.1. The molecule has 2 aromatic carbocycles. The maximum atomic E-state index is 5.91. The lowest BCUT2D eigenvalue weighted by Crippen LogP contribution is -2.32. The maximum Gasteiger partial charge on any atom is 0.168 e. The topological polar surface area (TPSA) is 37.8 Å². The van der Waals surface area contributed by atoms with E-state index >= 15 is 0 Å². The Kier molecular flexibility index (Phi) is 15.6. The van der Waals surface area contributed by atoms with Crippen molar-refractivity contribution >= 4 is 11.4 Å². The summed E-state index contributed by atoms with van der Waals surface area (Å²) in [6.45, 7) is 4.17. The van der Waals surface area contributed by atoms with Crippen LogP contribution >= 0.6 is 0 Å². The molecule has 0 saturated heterocycles. The van der Waals surface area contributed by atoms with Crippen LogP contribution in [0.4, 0.5) is 11.4 Å². The number of benzene rings is 2. The van der Waals surface area contributed by atoms with Crippen molar-refractivity contribution in [2.75, 3.05) is 6.61 Å². The van der Waals surface area contributed by atoms with Gasteiger partial charge in [0.2, 0.25) is 0 Å². The SMILES string of the molecule is CCCCCCCCCCCCOc1ccc(N=Nc2ccc(CCCCCC[n+]3ccccc3)cc2)cc1. The minimum atomic E-state index is 0.788. The molecule has 0 saturated carbocycles. The van der Waals surface area contributed by atoms with E-state index in [1.165, 1.54) is 89.0 Å². The summed E-state index contributed by atoms with van der Waals surface area (Å²) in [4.78, 5) is 0. The molecule has 0 aliphatic rings. The second kappa shape index (κ2) is 20.0. The molecule has 210 valence electrons. The van der Waals surface area contributed by atoms with Gasteiger partial charge in [-0.1, -0.05) is 89.3 Å². The lowest BCUT2D eigenvalue weighted by Gasteiger charge is -2.06. The largest absolute Gasteiger partial charge is 0.494 e. The van der Waals surface area contributed by atoms with Gasteiger partial charge >= 0.3 is 0 Å². The highest BCUT2D eigenvalue weighted by molar-refractivity contribution is 5.43. The van der Waals surface area contributed by atoms with Crippen LogP contribution in [0.3, 0.4) is 0 Å². The van der Waals surface area contributed by atoms with Crippen molar-refractivity contribution < 1.29 is 9.30 Å². The molecule has 0 radical (unpaired) electrons. The van der Waals surface area contributed by atoms with E-state index in [-0.39, 0.29) is 0 Å². The molecule has 0 atom stereocenters. The Hall–Kier alpha value is -3.01. The van der Waals surface area contributed by atoms with Crippen molar-refractivity contribution in [2.45, 2.75) is 110 Å². The number of pyridine rings is 1. The molecule has 0 bridgehead atoms. The predicted molar refractivity (Wildman–Crippen MR) is 163 cm³/mol. The summed E-state index contributed by atoms with van der Waals surface area (Å²) in [6, 6.07) is 22.7. The number of aromatic nitrogens is 1. The van der Waals surface area contributed by atoms with Gasteiger partial charge in [0.25, 0.3) is 0 Å². The zero-order valence-corrected chi connectivity index (χ0v) is 24.3. The summed E-state index contributed by atoms with van der Waals surface area (Å²) in [5.74, 6) is 0.910. The molecule has 3 rings (SSSR count). The molecule has 1 heterocycles. The summed E-state index contributed by atoms with van der Waals surface area (Å²) < 4.78 is 8.17. The average molecular weight is 529 g/mol. The first-order valence-electron chi connectivity index (χ1n) is 15.5. The highest BCUT2D eigenvalue weighted by Crippen LogP contribution is 2.22. The molecule has 0 spiro atoms. The molecule has 3 aromatic rings. The van der Waals surface area contributed by atoms with Crippen molar-refractivity contribution in [3.05, 3.63) is 84.7 Å². The van der Waals surface area contributed by atoms with Crippen molar-refractivity contribution in [1.82, 2.24) is 0 Å². The summed E-state index contributed by atoms with van der Waals surface area (Å²) in [6.07, 6.45) is 23.8. The van der Waals surface area contributed by atoms with Gasteiger partial charge in [-0.25, -0.2) is 4.57 Å². The quantitative estimate of drug-likeness (QED) is 0.0769. The third-order valence-corrected chi connectivity index (χ3v) is 7.23. The summed E-state index contributed by atoms with van der Waals surface area (Å²) >= 11 is 0. The highest BCUT2D eigenvalue weighted by atomic mass is 16.5. The smallest absolute Gasteiger partial charge is 0.168 e. The number of hydrogen-bond acceptors (Lipinski definition) is 3. The summed E-state index contributed by atoms with van der Waals surface area (Å²) in [5.41, 5.74) is 3.11. The van der Waals surface area contributed by atoms with E-state index in [0.29, 0.717) is 0 Å². The van der Waals surface area contributed by atoms with Crippen LogP contribution in [0.2, 0.25) is 0 Å². The Labute approximate surface area is 237 Å². The van der Waals surface area contributed by atoms with Gasteiger partial charge in [-0.2, -0.15) is 10.2 Å². The van der Waals surface area contributed by atoms with Crippen LogP contribution in [0, 0.1) is 0 Å². The summed E-state index contributed by atoms with van der Waals surface area (Å²) in [5, 5.41) is 8.81. The van der Waals surface area contributed by atoms with E-state index in [4.69, 9.17) is 4.74 Å². The van der Waals surface area contributed by atoms with Crippen LogP contribution in [0.5, 0.6) is 5.75 Å². The van der Waals surface area contributed by atoms with E-state index in [0.717, 1.165) is 43.1 Å². The fourth-order valence-electron chi connectivity index (χ4n) is 4.79. The molecule has 4 heteroatoms. The van der Waals surface area contributed by atoms with Gasteiger partial charge < -0.3 is 4.74 Å². The molecule has 0 amide bonds. The van der Waals surface area contributed by atoms with Crippen LogP contribution in [-0.2, 0) is 13.0 Å². The molecule has 4 nitrogen and oxygen atoms in total. The lowest BCUT2D eigenvalue weighted by molar-refractivity contribution is -0.697. The van der Waals surface area contributed by atoms with E-state index < -0.39 is 0 Å². The monoisotopic (exact) mass is 528 g/mol. The zero-order chi connectivity index (χ0) is 27.2. The number of rotatable bonds is 21. The Balaban J connectivity index is 1.23. The molecule has 0 aliphatic heterocycles. The van der Waals surface area contributed by atoms with Crippen LogP contribution in [-0.4, -0.2) is 6.61 Å². The minimum Gasteiger partial charge on any atom is -0.494 e. The molecule has 1 aromatic heterocycles. The second-order valence-corrected chi connectivity index (χ2v) is 10.7. The average Bonchev–Trinajstić information content (AvgIpc) is 2.98. The zero-order valence-electron chi connectivity index (χ0n) is 24.3. The second-order valence-electron chi connectivity index (χ2n) is 10.7. The van der Waals surface area contributed by atoms with Crippen molar-refractivity contribution in [3.63, 3.8) is 0 Å². The van der Waals surface area contributed by atoms with E-state index in [9.17, 15) is 0 Å². The molecule has 0 unspecified atom stereocenters. The minimum absolute atomic E-state index is 0.788. The number of aryl methyl sites for hydroxylation is 2. The Morgan fingerprint density at radius 1 is 0.564 bits per heavy atom. The van der Waals surface area contributed by atoms with Gasteiger partial charge in [0.15, 0.2) is 12.4 Å². The standard InChI is InChI=1S/C35H50N3O/c1-2-3-4-5-6-7-8-9-12-18-31-39-35-26-24-34(25-27-35)37-36-33-22-20-32(21-23-33)19-14-10-11-15-28-38-29-16-13-17-30-38/h13,16-17,20-27,29-30H,2-12,14-15,18-19,28,31H2,1H3/q+1. The number of azo groups is 1. The third-order valence-electron chi connectivity index (χ3n) is 7.23. The Morgan fingerprint density at radius 2 is 1.10 bits per heavy atom. The fourth-order valence-corrected chi connectivity index (χ4v) is 4.79. The first-order chi connectivity index (χ1) is 19.3. The van der Waals surface area contributed by atoms with Crippen LogP contribution in [0.1, 0.15) is 102 Å². The van der Waals surface area contributed by atoms with Gasteiger partial charge in [-0.15, -0.1) is 0 Å².